The van der Waals surface area contributed by atoms with Crippen molar-refractivity contribution in [2.24, 2.45) is 0 Å². The molecule has 0 saturated heterocycles. The van der Waals surface area contributed by atoms with Gasteiger partial charge in [-0.1, -0.05) is 146 Å². The molecular weight excluding hydrogens is 687 g/mol. The minimum atomic E-state index is -0.132. The first kappa shape index (κ1) is 31.8. The van der Waals surface area contributed by atoms with E-state index in [1.165, 1.54) is 32.3 Å². The first-order valence-corrected chi connectivity index (χ1v) is 18.7. The highest BCUT2D eigenvalue weighted by Gasteiger charge is 2.21. The molecule has 56 heavy (non-hydrogen) atoms. The number of rotatable bonds is 5. The van der Waals surface area contributed by atoms with Gasteiger partial charge in [-0.05, 0) is 85.9 Å². The normalized spacial score (nSPS) is 11.6. The Balaban J connectivity index is 1.20. The number of nitrogens with zero attached hydrogens (tertiary/aromatic N) is 5. The molecule has 0 spiro atoms. The highest BCUT2D eigenvalue weighted by Crippen LogP contribution is 2.38. The third-order valence-corrected chi connectivity index (χ3v) is 10.8. The van der Waals surface area contributed by atoms with Crippen molar-refractivity contribution in [1.29, 1.82) is 0 Å². The van der Waals surface area contributed by atoms with Crippen LogP contribution in [0.4, 0.5) is 0 Å². The second kappa shape index (κ2) is 12.7. The number of para-hydroxylation sites is 1. The molecule has 3 heterocycles. The second-order valence-corrected chi connectivity index (χ2v) is 14.0. The van der Waals surface area contributed by atoms with Gasteiger partial charge in [-0.15, -0.1) is 0 Å². The van der Waals surface area contributed by atoms with Crippen LogP contribution in [0.1, 0.15) is 0 Å². The SMILES string of the molecule is O=c1c2ccc(-c3nc(-c4ccccc4)nc(-c4ccccc4)n3)n2c2cc(-c3ccc4c5ccccc5c5ccccc5c4c3)ccc2n1-c1ccccc1. The molecule has 0 bridgehead atoms. The summed E-state index contributed by atoms with van der Waals surface area (Å²) in [6.45, 7) is 0. The minimum absolute atomic E-state index is 0.132. The van der Waals surface area contributed by atoms with Crippen molar-refractivity contribution in [3.05, 3.63) is 198 Å². The highest BCUT2D eigenvalue weighted by molar-refractivity contribution is 6.25. The van der Waals surface area contributed by atoms with Gasteiger partial charge in [-0.2, -0.15) is 0 Å². The first-order valence-electron chi connectivity index (χ1n) is 18.7. The van der Waals surface area contributed by atoms with Gasteiger partial charge in [0.05, 0.1) is 16.7 Å². The van der Waals surface area contributed by atoms with Crippen LogP contribution in [0.15, 0.2) is 193 Å². The highest BCUT2D eigenvalue weighted by atomic mass is 16.1. The molecule has 3 aromatic heterocycles. The van der Waals surface area contributed by atoms with E-state index in [2.05, 4.69) is 84.9 Å². The standard InChI is InChI=1S/C50H31N5O/c56-50-45-29-28-44(49-52-47(32-14-4-1-5-15-32)51-48(53-49)33-16-6-2-7-17-33)55(45)46-31-35(25-27-43(46)54(50)36-18-8-3-9-19-36)34-24-26-41-39-22-11-10-20-37(39)38-21-12-13-23-40(38)42(41)30-34/h1-31H. The zero-order valence-corrected chi connectivity index (χ0v) is 30.0. The Morgan fingerprint density at radius 1 is 0.339 bits per heavy atom. The lowest BCUT2D eigenvalue weighted by atomic mass is 9.92. The van der Waals surface area contributed by atoms with E-state index >= 15 is 0 Å². The predicted octanol–water partition coefficient (Wildman–Crippen LogP) is 11.6. The zero-order valence-electron chi connectivity index (χ0n) is 30.0. The quantitative estimate of drug-likeness (QED) is 0.166. The Bertz CT molecular complexity index is 3280. The van der Waals surface area contributed by atoms with Gasteiger partial charge in [0, 0.05) is 16.8 Å². The van der Waals surface area contributed by atoms with Crippen molar-refractivity contribution in [3.8, 4) is 51.1 Å². The fourth-order valence-electron chi connectivity index (χ4n) is 8.18. The van der Waals surface area contributed by atoms with Crippen molar-refractivity contribution in [3.63, 3.8) is 0 Å². The Labute approximate surface area is 321 Å². The van der Waals surface area contributed by atoms with Gasteiger partial charge in [0.25, 0.3) is 5.56 Å². The number of hydrogen-bond donors (Lipinski definition) is 0. The number of benzene rings is 8. The van der Waals surface area contributed by atoms with Crippen LogP contribution in [0.2, 0.25) is 0 Å². The molecule has 0 amide bonds. The van der Waals surface area contributed by atoms with E-state index in [-0.39, 0.29) is 5.56 Å². The molecule has 0 N–H and O–H groups in total. The Morgan fingerprint density at radius 2 is 0.804 bits per heavy atom. The van der Waals surface area contributed by atoms with Crippen LogP contribution in [-0.4, -0.2) is 23.9 Å². The van der Waals surface area contributed by atoms with E-state index in [0.717, 1.165) is 39.0 Å². The summed E-state index contributed by atoms with van der Waals surface area (Å²) in [7, 11) is 0. The minimum Gasteiger partial charge on any atom is -0.300 e. The van der Waals surface area contributed by atoms with E-state index in [0.29, 0.717) is 28.7 Å². The molecule has 0 unspecified atom stereocenters. The molecule has 0 atom stereocenters. The summed E-state index contributed by atoms with van der Waals surface area (Å²) in [5, 5.41) is 7.35. The molecule has 11 rings (SSSR count). The summed E-state index contributed by atoms with van der Waals surface area (Å²) in [6, 6.07) is 63.9. The maximum absolute atomic E-state index is 14.6. The fraction of sp³-hybridized carbons (Fsp3) is 0. The molecule has 0 saturated carbocycles. The van der Waals surface area contributed by atoms with Crippen LogP contribution in [0, 0.1) is 0 Å². The van der Waals surface area contributed by atoms with Gasteiger partial charge in [0.2, 0.25) is 0 Å². The fourth-order valence-corrected chi connectivity index (χ4v) is 8.18. The van der Waals surface area contributed by atoms with Gasteiger partial charge in [-0.25, -0.2) is 15.0 Å². The van der Waals surface area contributed by atoms with Crippen molar-refractivity contribution < 1.29 is 0 Å². The molecule has 6 nitrogen and oxygen atoms in total. The maximum Gasteiger partial charge on any atom is 0.279 e. The van der Waals surface area contributed by atoms with E-state index in [9.17, 15) is 4.79 Å². The van der Waals surface area contributed by atoms with Crippen molar-refractivity contribution >= 4 is 48.9 Å². The van der Waals surface area contributed by atoms with Crippen molar-refractivity contribution in [2.75, 3.05) is 0 Å². The average molecular weight is 718 g/mol. The zero-order chi connectivity index (χ0) is 37.2. The molecule has 0 radical (unpaired) electrons. The third kappa shape index (κ3) is 5.04. The molecule has 262 valence electrons. The number of hydrogen-bond acceptors (Lipinski definition) is 4. The van der Waals surface area contributed by atoms with Crippen LogP contribution in [0.3, 0.4) is 0 Å². The molecule has 11 aromatic rings. The molecule has 0 aliphatic heterocycles. The molecule has 6 heteroatoms. The lowest BCUT2D eigenvalue weighted by molar-refractivity contribution is 1.01. The summed E-state index contributed by atoms with van der Waals surface area (Å²) >= 11 is 0. The summed E-state index contributed by atoms with van der Waals surface area (Å²) in [5.74, 6) is 1.59. The van der Waals surface area contributed by atoms with Crippen LogP contribution >= 0.6 is 0 Å². The molecule has 8 aromatic carbocycles. The summed E-state index contributed by atoms with van der Waals surface area (Å²) in [4.78, 5) is 29.6. The lowest BCUT2D eigenvalue weighted by Gasteiger charge is -2.16. The molecule has 0 aliphatic carbocycles. The van der Waals surface area contributed by atoms with Crippen LogP contribution in [0.25, 0.3) is 100.0 Å². The molecule has 0 aliphatic rings. The van der Waals surface area contributed by atoms with Crippen LogP contribution in [-0.2, 0) is 0 Å². The third-order valence-electron chi connectivity index (χ3n) is 10.8. The predicted molar refractivity (Wildman–Crippen MR) is 228 cm³/mol. The van der Waals surface area contributed by atoms with Crippen molar-refractivity contribution in [2.45, 2.75) is 0 Å². The molecule has 0 fully saturated rings. The lowest BCUT2D eigenvalue weighted by Crippen LogP contribution is -2.21. The monoisotopic (exact) mass is 717 g/mol. The van der Waals surface area contributed by atoms with Gasteiger partial charge >= 0.3 is 0 Å². The Morgan fingerprint density at radius 3 is 1.41 bits per heavy atom. The van der Waals surface area contributed by atoms with Gasteiger partial charge in [0.15, 0.2) is 17.5 Å². The van der Waals surface area contributed by atoms with E-state index in [1.54, 1.807) is 4.57 Å². The Kier molecular flexibility index (Phi) is 7.22. The van der Waals surface area contributed by atoms with E-state index < -0.39 is 0 Å². The topological polar surface area (TPSA) is 65.1 Å². The van der Waals surface area contributed by atoms with Gasteiger partial charge in [-0.3, -0.25) is 13.8 Å². The average Bonchev–Trinajstić information content (AvgIpc) is 3.73. The Hall–Kier alpha value is -7.70. The summed E-state index contributed by atoms with van der Waals surface area (Å²) in [6.07, 6.45) is 0. The first-order chi connectivity index (χ1) is 27.7. The van der Waals surface area contributed by atoms with Crippen LogP contribution < -0.4 is 5.56 Å². The smallest absolute Gasteiger partial charge is 0.279 e. The molecular formula is C50H31N5O. The van der Waals surface area contributed by atoms with Gasteiger partial charge in [0.1, 0.15) is 5.52 Å². The van der Waals surface area contributed by atoms with Crippen LogP contribution in [0.5, 0.6) is 0 Å². The second-order valence-electron chi connectivity index (χ2n) is 14.0. The number of fused-ring (bicyclic) bond motifs is 9. The largest absolute Gasteiger partial charge is 0.300 e. The van der Waals surface area contributed by atoms with E-state index in [1.807, 2.05) is 108 Å². The summed E-state index contributed by atoms with van der Waals surface area (Å²) in [5.41, 5.74) is 7.38. The number of aromatic nitrogens is 5. The van der Waals surface area contributed by atoms with Crippen molar-refractivity contribution in [1.82, 2.24) is 23.9 Å². The van der Waals surface area contributed by atoms with E-state index in [4.69, 9.17) is 15.0 Å². The maximum atomic E-state index is 14.6. The summed E-state index contributed by atoms with van der Waals surface area (Å²) < 4.78 is 3.82. The van der Waals surface area contributed by atoms with Gasteiger partial charge < -0.3 is 0 Å².